The molecule has 1 unspecified atom stereocenters. The highest BCUT2D eigenvalue weighted by Crippen LogP contribution is 2.21. The van der Waals surface area contributed by atoms with Crippen molar-refractivity contribution >= 4 is 43.5 Å². The van der Waals surface area contributed by atoms with Gasteiger partial charge in [0, 0.05) is 37.5 Å². The van der Waals surface area contributed by atoms with Crippen molar-refractivity contribution in [3.63, 3.8) is 0 Å². The van der Waals surface area contributed by atoms with Crippen LogP contribution < -0.4 is 9.62 Å². The molecule has 38 heavy (non-hydrogen) atoms. The number of nitrogens with zero attached hydrogens (tertiary/aromatic N) is 2. The number of carbonyl (C=O) groups excluding carboxylic acids is 2. The van der Waals surface area contributed by atoms with Crippen LogP contribution in [-0.2, 0) is 32.6 Å². The van der Waals surface area contributed by atoms with Gasteiger partial charge in [0.15, 0.2) is 0 Å². The third kappa shape index (κ3) is 8.43. The van der Waals surface area contributed by atoms with Crippen molar-refractivity contribution in [2.75, 3.05) is 24.2 Å². The fraction of sp³-hybridized carbons (Fsp3) is 0.310. The Kier molecular flexibility index (Phi) is 10.5. The summed E-state index contributed by atoms with van der Waals surface area (Å²) >= 11 is 3.44. The number of likely N-dealkylation sites (N-methyl/N-ethyl adjacent to an activating group) is 1. The smallest absolute Gasteiger partial charge is 0.242 e. The Hall–Kier alpha value is -3.17. The van der Waals surface area contributed by atoms with Gasteiger partial charge >= 0.3 is 0 Å². The average Bonchev–Trinajstić information content (AvgIpc) is 2.89. The molecule has 0 fully saturated rings. The molecule has 3 rings (SSSR count). The van der Waals surface area contributed by atoms with Crippen molar-refractivity contribution in [2.45, 2.75) is 38.8 Å². The second-order valence-corrected chi connectivity index (χ2v) is 12.1. The van der Waals surface area contributed by atoms with Crippen molar-refractivity contribution in [2.24, 2.45) is 0 Å². The number of nitrogens with one attached hydrogen (secondary N) is 1. The number of amides is 2. The van der Waals surface area contributed by atoms with E-state index in [2.05, 4.69) is 21.2 Å². The summed E-state index contributed by atoms with van der Waals surface area (Å²) in [4.78, 5) is 28.3. The maximum atomic E-state index is 13.6. The van der Waals surface area contributed by atoms with Gasteiger partial charge in [-0.05, 0) is 48.7 Å². The minimum Gasteiger partial charge on any atom is -0.357 e. The van der Waals surface area contributed by atoms with E-state index in [0.717, 1.165) is 27.4 Å². The molecule has 202 valence electrons. The van der Waals surface area contributed by atoms with E-state index in [-0.39, 0.29) is 31.3 Å². The van der Waals surface area contributed by atoms with E-state index < -0.39 is 16.1 Å². The van der Waals surface area contributed by atoms with Crippen LogP contribution >= 0.6 is 15.9 Å². The number of sulfonamides is 1. The Morgan fingerprint density at radius 2 is 1.55 bits per heavy atom. The molecule has 3 aromatic carbocycles. The van der Waals surface area contributed by atoms with Crippen molar-refractivity contribution < 1.29 is 18.0 Å². The van der Waals surface area contributed by atoms with Gasteiger partial charge in [0.1, 0.15) is 6.04 Å². The summed E-state index contributed by atoms with van der Waals surface area (Å²) in [6.07, 6.45) is 1.93. The van der Waals surface area contributed by atoms with Crippen LogP contribution in [-0.4, -0.2) is 51.0 Å². The number of rotatable bonds is 12. The fourth-order valence-electron chi connectivity index (χ4n) is 4.22. The molecule has 1 atom stereocenters. The van der Waals surface area contributed by atoms with E-state index in [1.165, 1.54) is 4.31 Å². The zero-order valence-corrected chi connectivity index (χ0v) is 24.3. The molecule has 0 heterocycles. The number of aryl methyl sites for hydroxylation is 1. The van der Waals surface area contributed by atoms with Crippen LogP contribution in [0, 0.1) is 6.92 Å². The normalized spacial score (nSPS) is 12.0. The third-order valence-corrected chi connectivity index (χ3v) is 7.98. The van der Waals surface area contributed by atoms with Crippen LogP contribution in [0.2, 0.25) is 0 Å². The number of benzene rings is 3. The fourth-order valence-corrected chi connectivity index (χ4v) is 5.45. The summed E-state index contributed by atoms with van der Waals surface area (Å²) in [6.45, 7) is 2.35. The SMILES string of the molecule is CNC(=O)C(Cc1ccccc1)N(Cc1ccc(Br)cc1)C(=O)CCCN(c1ccc(C)cc1)S(C)(=O)=O. The zero-order valence-electron chi connectivity index (χ0n) is 21.9. The lowest BCUT2D eigenvalue weighted by molar-refractivity contribution is -0.141. The molecule has 0 spiro atoms. The zero-order chi connectivity index (χ0) is 27.7. The molecule has 0 aliphatic rings. The molecular weight excluding hydrogens is 566 g/mol. The van der Waals surface area contributed by atoms with E-state index in [4.69, 9.17) is 0 Å². The second kappa shape index (κ2) is 13.6. The number of hydrogen-bond donors (Lipinski definition) is 1. The monoisotopic (exact) mass is 599 g/mol. The van der Waals surface area contributed by atoms with E-state index in [9.17, 15) is 18.0 Å². The molecular formula is C29H34BrN3O4S. The predicted octanol–water partition coefficient (Wildman–Crippen LogP) is 4.69. The summed E-state index contributed by atoms with van der Waals surface area (Å²) < 4.78 is 27.3. The Morgan fingerprint density at radius 1 is 0.921 bits per heavy atom. The van der Waals surface area contributed by atoms with Gasteiger partial charge in [-0.2, -0.15) is 0 Å². The Bertz CT molecular complexity index is 1310. The number of halogens is 1. The van der Waals surface area contributed by atoms with Gasteiger partial charge in [-0.15, -0.1) is 0 Å². The van der Waals surface area contributed by atoms with Gasteiger partial charge in [-0.1, -0.05) is 76.1 Å². The van der Waals surface area contributed by atoms with Crippen LogP contribution in [0.15, 0.2) is 83.3 Å². The molecule has 9 heteroatoms. The molecule has 3 aromatic rings. The predicted molar refractivity (Wildman–Crippen MR) is 155 cm³/mol. The van der Waals surface area contributed by atoms with Crippen LogP contribution in [0.1, 0.15) is 29.5 Å². The molecule has 0 saturated carbocycles. The van der Waals surface area contributed by atoms with Crippen LogP contribution in [0.4, 0.5) is 5.69 Å². The molecule has 0 aromatic heterocycles. The third-order valence-electron chi connectivity index (χ3n) is 6.26. The summed E-state index contributed by atoms with van der Waals surface area (Å²) in [6, 6.07) is 23.7. The lowest BCUT2D eigenvalue weighted by Gasteiger charge is -2.31. The Morgan fingerprint density at radius 3 is 2.13 bits per heavy atom. The minimum absolute atomic E-state index is 0.0939. The van der Waals surface area contributed by atoms with Gasteiger partial charge in [0.2, 0.25) is 21.8 Å². The van der Waals surface area contributed by atoms with E-state index in [0.29, 0.717) is 18.5 Å². The summed E-state index contributed by atoms with van der Waals surface area (Å²) in [5.74, 6) is -0.466. The van der Waals surface area contributed by atoms with Crippen molar-refractivity contribution in [1.29, 1.82) is 0 Å². The van der Waals surface area contributed by atoms with E-state index in [1.54, 1.807) is 24.1 Å². The van der Waals surface area contributed by atoms with Crippen LogP contribution in [0.5, 0.6) is 0 Å². The van der Waals surface area contributed by atoms with Crippen molar-refractivity contribution in [3.05, 3.63) is 100 Å². The Balaban J connectivity index is 1.83. The quantitative estimate of drug-likeness (QED) is 0.327. The average molecular weight is 601 g/mol. The van der Waals surface area contributed by atoms with Crippen LogP contribution in [0.3, 0.4) is 0 Å². The molecule has 0 radical (unpaired) electrons. The van der Waals surface area contributed by atoms with Crippen molar-refractivity contribution in [1.82, 2.24) is 10.2 Å². The topological polar surface area (TPSA) is 86.8 Å². The van der Waals surface area contributed by atoms with Gasteiger partial charge in [-0.3, -0.25) is 13.9 Å². The molecule has 2 amide bonds. The summed E-state index contributed by atoms with van der Waals surface area (Å²) in [7, 11) is -1.97. The largest absolute Gasteiger partial charge is 0.357 e. The van der Waals surface area contributed by atoms with Crippen LogP contribution in [0.25, 0.3) is 0 Å². The summed E-state index contributed by atoms with van der Waals surface area (Å²) in [5, 5.41) is 2.71. The molecule has 7 nitrogen and oxygen atoms in total. The van der Waals surface area contributed by atoms with Gasteiger partial charge < -0.3 is 10.2 Å². The molecule has 0 saturated heterocycles. The maximum Gasteiger partial charge on any atom is 0.242 e. The van der Waals surface area contributed by atoms with E-state index >= 15 is 0 Å². The van der Waals surface area contributed by atoms with Crippen molar-refractivity contribution in [3.8, 4) is 0 Å². The van der Waals surface area contributed by atoms with Gasteiger partial charge in [0.25, 0.3) is 0 Å². The highest BCUT2D eigenvalue weighted by molar-refractivity contribution is 9.10. The number of carbonyl (C=O) groups is 2. The first-order valence-corrected chi connectivity index (χ1v) is 15.1. The van der Waals surface area contributed by atoms with Gasteiger partial charge in [0.05, 0.1) is 11.9 Å². The first-order chi connectivity index (χ1) is 18.1. The number of hydrogen-bond acceptors (Lipinski definition) is 4. The maximum absolute atomic E-state index is 13.6. The molecule has 0 aliphatic heterocycles. The minimum atomic E-state index is -3.54. The molecule has 0 aliphatic carbocycles. The molecule has 1 N–H and O–H groups in total. The molecule has 0 bridgehead atoms. The standard InChI is InChI=1S/C29H34BrN3O4S/c1-22-11-17-26(18-12-22)33(38(3,36)37)19-7-10-28(34)32(21-24-13-15-25(30)16-14-24)27(29(35)31-2)20-23-8-5-4-6-9-23/h4-6,8-9,11-18,27H,7,10,19-21H2,1-3H3,(H,31,35). The summed E-state index contributed by atoms with van der Waals surface area (Å²) in [5.41, 5.74) is 3.42. The Labute approximate surface area is 234 Å². The second-order valence-electron chi connectivity index (χ2n) is 9.24. The highest BCUT2D eigenvalue weighted by Gasteiger charge is 2.30. The number of anilines is 1. The first kappa shape index (κ1) is 29.4. The highest BCUT2D eigenvalue weighted by atomic mass is 79.9. The lowest BCUT2D eigenvalue weighted by atomic mass is 10.0. The first-order valence-electron chi connectivity index (χ1n) is 12.4. The van der Waals surface area contributed by atoms with Gasteiger partial charge in [-0.25, -0.2) is 8.42 Å². The van der Waals surface area contributed by atoms with E-state index in [1.807, 2.05) is 73.7 Å². The lowest BCUT2D eigenvalue weighted by Crippen LogP contribution is -2.49.